The molecule has 0 bridgehead atoms. The van der Waals surface area contributed by atoms with Gasteiger partial charge < -0.3 is 15.5 Å². The van der Waals surface area contributed by atoms with Crippen molar-refractivity contribution >= 4 is 17.6 Å². The van der Waals surface area contributed by atoms with Gasteiger partial charge in [0, 0.05) is 31.9 Å². The molecular weight excluding hydrogens is 306 g/mol. The van der Waals surface area contributed by atoms with Crippen LogP contribution in [0.1, 0.15) is 12.1 Å². The topological polar surface area (TPSA) is 77.6 Å². The zero-order valence-corrected chi connectivity index (χ0v) is 14.1. The van der Waals surface area contributed by atoms with Crippen molar-refractivity contribution in [1.29, 1.82) is 0 Å². The summed E-state index contributed by atoms with van der Waals surface area (Å²) in [5, 5.41) is 6.13. The maximum Gasteiger partial charge on any atom is 0.239 e. The van der Waals surface area contributed by atoms with Gasteiger partial charge in [-0.25, -0.2) is 4.98 Å². The first kappa shape index (κ1) is 16.7. The first-order chi connectivity index (χ1) is 11.6. The predicted octanol–water partition coefficient (Wildman–Crippen LogP) is 0.0822. The molecule has 2 N–H and O–H groups in total. The molecule has 2 aliphatic heterocycles. The van der Waals surface area contributed by atoms with Gasteiger partial charge in [0.15, 0.2) is 0 Å². The van der Waals surface area contributed by atoms with Crippen molar-refractivity contribution in [3.05, 3.63) is 23.9 Å². The Morgan fingerprint density at radius 1 is 1.42 bits per heavy atom. The minimum atomic E-state index is -0.0660. The molecule has 1 aromatic heterocycles. The fourth-order valence-corrected chi connectivity index (χ4v) is 3.26. The smallest absolute Gasteiger partial charge is 0.239 e. The lowest BCUT2D eigenvalue weighted by Gasteiger charge is -2.28. The molecule has 24 heavy (non-hydrogen) atoms. The van der Waals surface area contributed by atoms with Gasteiger partial charge in [0.25, 0.3) is 0 Å². The molecule has 0 spiro atoms. The van der Waals surface area contributed by atoms with Crippen LogP contribution in [-0.4, -0.2) is 72.4 Å². The first-order valence-corrected chi connectivity index (χ1v) is 8.54. The van der Waals surface area contributed by atoms with Crippen molar-refractivity contribution in [3.8, 4) is 0 Å². The van der Waals surface area contributed by atoms with Crippen molar-refractivity contribution in [2.75, 3.05) is 51.1 Å². The van der Waals surface area contributed by atoms with E-state index in [2.05, 4.69) is 20.5 Å². The van der Waals surface area contributed by atoms with Crippen molar-refractivity contribution < 1.29 is 9.59 Å². The van der Waals surface area contributed by atoms with Crippen LogP contribution in [0.15, 0.2) is 18.2 Å². The van der Waals surface area contributed by atoms with E-state index in [1.54, 1.807) is 4.90 Å². The molecular formula is C17H25N5O2. The Morgan fingerprint density at radius 2 is 2.29 bits per heavy atom. The van der Waals surface area contributed by atoms with E-state index in [4.69, 9.17) is 0 Å². The van der Waals surface area contributed by atoms with E-state index >= 15 is 0 Å². The quantitative estimate of drug-likeness (QED) is 0.799. The Balaban J connectivity index is 1.42. The summed E-state index contributed by atoms with van der Waals surface area (Å²) in [6.07, 6.45) is 1.08. The van der Waals surface area contributed by atoms with Crippen LogP contribution in [0.2, 0.25) is 0 Å². The maximum atomic E-state index is 12.3. The van der Waals surface area contributed by atoms with Gasteiger partial charge in [-0.1, -0.05) is 6.07 Å². The third-order valence-electron chi connectivity index (χ3n) is 4.58. The molecule has 2 aliphatic rings. The second kappa shape index (κ2) is 7.61. The van der Waals surface area contributed by atoms with E-state index in [-0.39, 0.29) is 18.4 Å². The molecule has 1 atom stereocenters. The highest BCUT2D eigenvalue weighted by Crippen LogP contribution is 2.17. The lowest BCUT2D eigenvalue weighted by Crippen LogP contribution is -2.52. The van der Waals surface area contributed by atoms with Crippen LogP contribution in [0, 0.1) is 12.8 Å². The molecule has 2 saturated heterocycles. The summed E-state index contributed by atoms with van der Waals surface area (Å²) in [7, 11) is 0. The summed E-state index contributed by atoms with van der Waals surface area (Å²) in [4.78, 5) is 32.0. The maximum absolute atomic E-state index is 12.3. The second-order valence-electron chi connectivity index (χ2n) is 6.60. The zero-order valence-electron chi connectivity index (χ0n) is 14.1. The number of carbonyl (C=O) groups excluding carboxylic acids is 2. The molecule has 3 rings (SSSR count). The number of amides is 2. The Kier molecular flexibility index (Phi) is 5.30. The number of aryl methyl sites for hydroxylation is 1. The molecule has 7 heteroatoms. The minimum Gasteiger partial charge on any atom is -0.370 e. The van der Waals surface area contributed by atoms with Crippen LogP contribution in [0.25, 0.3) is 0 Å². The van der Waals surface area contributed by atoms with Crippen molar-refractivity contribution in [1.82, 2.24) is 20.1 Å². The molecule has 0 radical (unpaired) electrons. The van der Waals surface area contributed by atoms with Crippen LogP contribution in [0.3, 0.4) is 0 Å². The number of aromatic nitrogens is 1. The Bertz CT molecular complexity index is 606. The summed E-state index contributed by atoms with van der Waals surface area (Å²) in [6, 6.07) is 5.96. The van der Waals surface area contributed by atoms with Crippen LogP contribution in [0.4, 0.5) is 5.82 Å². The number of hydrogen-bond acceptors (Lipinski definition) is 5. The third kappa shape index (κ3) is 4.44. The van der Waals surface area contributed by atoms with Gasteiger partial charge >= 0.3 is 0 Å². The highest BCUT2D eigenvalue weighted by molar-refractivity contribution is 5.86. The third-order valence-corrected chi connectivity index (χ3v) is 4.58. The fourth-order valence-electron chi connectivity index (χ4n) is 3.26. The van der Waals surface area contributed by atoms with Crippen LogP contribution in [0.5, 0.6) is 0 Å². The number of hydrogen-bond donors (Lipinski definition) is 2. The molecule has 0 aliphatic carbocycles. The molecule has 2 amide bonds. The number of pyridine rings is 1. The van der Waals surface area contributed by atoms with Gasteiger partial charge in [0.1, 0.15) is 5.82 Å². The number of piperazine rings is 1. The number of likely N-dealkylation sites (tertiary alicyclic amines) is 1. The van der Waals surface area contributed by atoms with Gasteiger partial charge in [-0.3, -0.25) is 14.5 Å². The fraction of sp³-hybridized carbons (Fsp3) is 0.588. The summed E-state index contributed by atoms with van der Waals surface area (Å²) in [6.45, 7) is 6.46. The minimum absolute atomic E-state index is 0.0545. The van der Waals surface area contributed by atoms with Crippen LogP contribution in [-0.2, 0) is 9.59 Å². The summed E-state index contributed by atoms with van der Waals surface area (Å²) in [5.41, 5.74) is 1.00. The predicted molar refractivity (Wildman–Crippen MR) is 91.6 cm³/mol. The molecule has 1 aromatic rings. The molecule has 7 nitrogen and oxygen atoms in total. The highest BCUT2D eigenvalue weighted by Gasteiger charge is 2.27. The van der Waals surface area contributed by atoms with Gasteiger partial charge in [0.2, 0.25) is 11.8 Å². The molecule has 3 heterocycles. The van der Waals surface area contributed by atoms with Crippen LogP contribution >= 0.6 is 0 Å². The largest absolute Gasteiger partial charge is 0.370 e. The van der Waals surface area contributed by atoms with Crippen molar-refractivity contribution in [2.24, 2.45) is 5.92 Å². The Morgan fingerprint density at radius 3 is 3.08 bits per heavy atom. The van der Waals surface area contributed by atoms with E-state index in [0.717, 1.165) is 37.6 Å². The monoisotopic (exact) mass is 331 g/mol. The molecule has 0 aromatic carbocycles. The molecule has 130 valence electrons. The summed E-state index contributed by atoms with van der Waals surface area (Å²) >= 11 is 0. The summed E-state index contributed by atoms with van der Waals surface area (Å²) < 4.78 is 0. The van der Waals surface area contributed by atoms with E-state index < -0.39 is 0 Å². The number of anilines is 1. The normalized spacial score (nSPS) is 21.6. The van der Waals surface area contributed by atoms with Gasteiger partial charge in [-0.2, -0.15) is 0 Å². The van der Waals surface area contributed by atoms with Crippen molar-refractivity contribution in [2.45, 2.75) is 13.3 Å². The van der Waals surface area contributed by atoms with E-state index in [0.29, 0.717) is 25.6 Å². The second-order valence-corrected chi connectivity index (χ2v) is 6.60. The lowest BCUT2D eigenvalue weighted by atomic mass is 10.1. The zero-order chi connectivity index (χ0) is 16.9. The number of carbonyl (C=O) groups is 2. The number of rotatable bonds is 5. The highest BCUT2D eigenvalue weighted by atomic mass is 16.2. The van der Waals surface area contributed by atoms with Gasteiger partial charge in [-0.15, -0.1) is 0 Å². The SMILES string of the molecule is Cc1cccc(NC[C@H]2CCN(CC(=O)N3CCNC(=O)C3)C2)n1. The van der Waals surface area contributed by atoms with E-state index in [1.807, 2.05) is 25.1 Å². The Hall–Kier alpha value is -2.15. The molecule has 0 saturated carbocycles. The standard InChI is InChI=1S/C17H25N5O2/c1-13-3-2-4-15(20-13)19-9-14-5-7-21(10-14)12-17(24)22-8-6-18-16(23)11-22/h2-4,14H,5-12H2,1H3,(H,18,23)(H,19,20)/t14-/m1/s1. The van der Waals surface area contributed by atoms with E-state index in [9.17, 15) is 9.59 Å². The lowest BCUT2D eigenvalue weighted by molar-refractivity contribution is -0.138. The Labute approximate surface area is 142 Å². The molecule has 0 unspecified atom stereocenters. The average molecular weight is 331 g/mol. The summed E-state index contributed by atoms with van der Waals surface area (Å²) in [5.74, 6) is 1.41. The molecule has 2 fully saturated rings. The van der Waals surface area contributed by atoms with Gasteiger partial charge in [0.05, 0.1) is 13.1 Å². The van der Waals surface area contributed by atoms with Crippen molar-refractivity contribution in [3.63, 3.8) is 0 Å². The first-order valence-electron chi connectivity index (χ1n) is 8.54. The van der Waals surface area contributed by atoms with E-state index in [1.165, 1.54) is 0 Å². The average Bonchev–Trinajstić information content (AvgIpc) is 3.00. The van der Waals surface area contributed by atoms with Gasteiger partial charge in [-0.05, 0) is 37.9 Å². The number of nitrogens with one attached hydrogen (secondary N) is 2. The number of nitrogens with zero attached hydrogens (tertiary/aromatic N) is 3. The van der Waals surface area contributed by atoms with Crippen LogP contribution < -0.4 is 10.6 Å².